The van der Waals surface area contributed by atoms with Crippen LogP contribution in [0.25, 0.3) is 5.69 Å². The summed E-state index contributed by atoms with van der Waals surface area (Å²) in [4.78, 5) is 28.4. The van der Waals surface area contributed by atoms with Crippen LogP contribution >= 0.6 is 0 Å². The number of hydrogen-bond donors (Lipinski definition) is 0. The number of carbonyl (C=O) groups excluding carboxylic acids is 2. The van der Waals surface area contributed by atoms with Crippen molar-refractivity contribution < 1.29 is 14.3 Å². The normalized spacial score (nSPS) is 14.9. The molecule has 7 heteroatoms. The lowest BCUT2D eigenvalue weighted by Gasteiger charge is -2.35. The van der Waals surface area contributed by atoms with Crippen molar-refractivity contribution in [3.63, 3.8) is 0 Å². The molecule has 0 aliphatic carbocycles. The minimum atomic E-state index is -0.517. The molecule has 3 rings (SSSR count). The molecule has 150 valence electrons. The van der Waals surface area contributed by atoms with Crippen molar-refractivity contribution in [1.29, 1.82) is 0 Å². The molecule has 2 aromatic rings. The predicted molar refractivity (Wildman–Crippen MR) is 107 cm³/mol. The number of piperazine rings is 1. The number of carbonyl (C=O) groups is 2. The monoisotopic (exact) mass is 384 g/mol. The molecule has 1 aliphatic rings. The predicted octanol–water partition coefficient (Wildman–Crippen LogP) is 3.18. The molecule has 0 radical (unpaired) electrons. The Kier molecular flexibility index (Phi) is 5.45. The molecule has 1 fully saturated rings. The second kappa shape index (κ2) is 7.66. The van der Waals surface area contributed by atoms with Crippen LogP contribution in [0.5, 0.6) is 0 Å². The van der Waals surface area contributed by atoms with Gasteiger partial charge in [0.25, 0.3) is 5.91 Å². The molecule has 2 amide bonds. The quantitative estimate of drug-likeness (QED) is 0.798. The first kappa shape index (κ1) is 19.9. The van der Waals surface area contributed by atoms with Crippen LogP contribution in [-0.2, 0) is 4.74 Å². The Morgan fingerprint density at radius 1 is 0.964 bits per heavy atom. The van der Waals surface area contributed by atoms with E-state index in [1.54, 1.807) is 9.80 Å². The Morgan fingerprint density at radius 3 is 2.04 bits per heavy atom. The highest BCUT2D eigenvalue weighted by atomic mass is 16.6. The topological polar surface area (TPSA) is 67.7 Å². The fraction of sp³-hybridized carbons (Fsp3) is 0.476. The first-order valence-corrected chi connectivity index (χ1v) is 9.55. The second-order valence-corrected chi connectivity index (χ2v) is 8.15. The second-order valence-electron chi connectivity index (χ2n) is 8.15. The van der Waals surface area contributed by atoms with E-state index >= 15 is 0 Å². The van der Waals surface area contributed by atoms with Crippen molar-refractivity contribution in [2.75, 3.05) is 26.2 Å². The minimum Gasteiger partial charge on any atom is -0.444 e. The number of aromatic nitrogens is 2. The summed E-state index contributed by atoms with van der Waals surface area (Å²) in [5, 5.41) is 4.47. The van der Waals surface area contributed by atoms with Gasteiger partial charge in [-0.25, -0.2) is 9.48 Å². The fourth-order valence-corrected chi connectivity index (χ4v) is 3.24. The average molecular weight is 384 g/mol. The van der Waals surface area contributed by atoms with Gasteiger partial charge in [0.05, 0.1) is 11.4 Å². The van der Waals surface area contributed by atoms with E-state index in [1.807, 2.05) is 69.6 Å². The van der Waals surface area contributed by atoms with Crippen LogP contribution in [0.3, 0.4) is 0 Å². The maximum Gasteiger partial charge on any atom is 0.410 e. The summed E-state index contributed by atoms with van der Waals surface area (Å²) in [7, 11) is 0. The molecule has 2 heterocycles. The van der Waals surface area contributed by atoms with Gasteiger partial charge in [-0.2, -0.15) is 5.10 Å². The molecule has 1 aliphatic heterocycles. The van der Waals surface area contributed by atoms with Crippen LogP contribution in [-0.4, -0.2) is 63.4 Å². The molecule has 1 saturated heterocycles. The largest absolute Gasteiger partial charge is 0.444 e. The van der Waals surface area contributed by atoms with Gasteiger partial charge in [-0.05, 0) is 65.0 Å². The van der Waals surface area contributed by atoms with Gasteiger partial charge < -0.3 is 14.5 Å². The van der Waals surface area contributed by atoms with Crippen LogP contribution in [0.15, 0.2) is 30.3 Å². The van der Waals surface area contributed by atoms with Crippen LogP contribution in [0.1, 0.15) is 42.5 Å². The van der Waals surface area contributed by atoms with Crippen molar-refractivity contribution in [2.24, 2.45) is 0 Å². The van der Waals surface area contributed by atoms with E-state index in [9.17, 15) is 9.59 Å². The summed E-state index contributed by atoms with van der Waals surface area (Å²) in [5.74, 6) is -0.0243. The number of ether oxygens (including phenoxy) is 1. The Hall–Kier alpha value is -2.83. The van der Waals surface area contributed by atoms with Gasteiger partial charge in [-0.3, -0.25) is 4.79 Å². The summed E-state index contributed by atoms with van der Waals surface area (Å²) >= 11 is 0. The summed E-state index contributed by atoms with van der Waals surface area (Å²) in [6.45, 7) is 11.5. The van der Waals surface area contributed by atoms with Crippen LogP contribution in [0.2, 0.25) is 0 Å². The minimum absolute atomic E-state index is 0.0243. The van der Waals surface area contributed by atoms with Gasteiger partial charge in [0.15, 0.2) is 0 Å². The molecule has 28 heavy (non-hydrogen) atoms. The molecule has 0 N–H and O–H groups in total. The number of hydrogen-bond acceptors (Lipinski definition) is 4. The Bertz CT molecular complexity index is 857. The van der Waals surface area contributed by atoms with Gasteiger partial charge in [0, 0.05) is 37.4 Å². The standard InChI is InChI=1S/C21H28N4O3/c1-15-14-16(2)25(22-15)18-8-6-17(7-9-18)19(26)23-10-12-24(13-11-23)20(27)28-21(3,4)5/h6-9,14H,10-13H2,1-5H3. The Labute approximate surface area is 165 Å². The zero-order valence-electron chi connectivity index (χ0n) is 17.2. The Morgan fingerprint density at radius 2 is 1.54 bits per heavy atom. The number of nitrogens with zero attached hydrogens (tertiary/aromatic N) is 4. The van der Waals surface area contributed by atoms with Gasteiger partial charge in [-0.1, -0.05) is 0 Å². The van der Waals surface area contributed by atoms with Crippen molar-refractivity contribution >= 4 is 12.0 Å². The van der Waals surface area contributed by atoms with Gasteiger partial charge in [0.2, 0.25) is 0 Å². The molecular formula is C21H28N4O3. The van der Waals surface area contributed by atoms with E-state index in [-0.39, 0.29) is 12.0 Å². The first-order valence-electron chi connectivity index (χ1n) is 9.55. The van der Waals surface area contributed by atoms with Gasteiger partial charge in [-0.15, -0.1) is 0 Å². The number of aryl methyl sites for hydroxylation is 2. The van der Waals surface area contributed by atoms with Crippen LogP contribution < -0.4 is 0 Å². The molecule has 0 bridgehead atoms. The molecule has 1 aromatic carbocycles. The van der Waals surface area contributed by atoms with Gasteiger partial charge in [0.1, 0.15) is 5.60 Å². The molecule has 0 saturated carbocycles. The highest BCUT2D eigenvalue weighted by molar-refractivity contribution is 5.94. The van der Waals surface area contributed by atoms with Crippen molar-refractivity contribution in [1.82, 2.24) is 19.6 Å². The fourth-order valence-electron chi connectivity index (χ4n) is 3.24. The van der Waals surface area contributed by atoms with Crippen molar-refractivity contribution in [3.05, 3.63) is 47.3 Å². The maximum absolute atomic E-state index is 12.8. The van der Waals surface area contributed by atoms with Crippen LogP contribution in [0, 0.1) is 13.8 Å². The third kappa shape index (κ3) is 4.52. The summed E-state index contributed by atoms with van der Waals surface area (Å²) in [5.41, 5.74) is 3.06. The van der Waals surface area contributed by atoms with E-state index in [0.717, 1.165) is 17.1 Å². The number of rotatable bonds is 2. The molecule has 7 nitrogen and oxygen atoms in total. The maximum atomic E-state index is 12.8. The first-order chi connectivity index (χ1) is 13.1. The van der Waals surface area contributed by atoms with Crippen molar-refractivity contribution in [2.45, 2.75) is 40.2 Å². The Balaban J connectivity index is 1.61. The van der Waals surface area contributed by atoms with Crippen molar-refractivity contribution in [3.8, 4) is 5.69 Å². The summed E-state index contributed by atoms with van der Waals surface area (Å²) in [6.07, 6.45) is -0.325. The molecule has 1 aromatic heterocycles. The third-order valence-corrected chi connectivity index (χ3v) is 4.59. The molecular weight excluding hydrogens is 356 g/mol. The molecule has 0 unspecified atom stereocenters. The molecule has 0 spiro atoms. The molecule has 0 atom stereocenters. The third-order valence-electron chi connectivity index (χ3n) is 4.59. The average Bonchev–Trinajstić information content (AvgIpc) is 2.98. The highest BCUT2D eigenvalue weighted by Crippen LogP contribution is 2.16. The lowest BCUT2D eigenvalue weighted by Crippen LogP contribution is -2.51. The highest BCUT2D eigenvalue weighted by Gasteiger charge is 2.28. The SMILES string of the molecule is Cc1cc(C)n(-c2ccc(C(=O)N3CCN(C(=O)OC(C)(C)C)CC3)cc2)n1. The van der Waals surface area contributed by atoms with E-state index in [2.05, 4.69) is 5.10 Å². The smallest absolute Gasteiger partial charge is 0.410 e. The van der Waals surface area contributed by atoms with E-state index < -0.39 is 5.60 Å². The lowest BCUT2D eigenvalue weighted by atomic mass is 10.1. The lowest BCUT2D eigenvalue weighted by molar-refractivity contribution is 0.0141. The van der Waals surface area contributed by atoms with Crippen LogP contribution in [0.4, 0.5) is 4.79 Å². The van der Waals surface area contributed by atoms with E-state index in [0.29, 0.717) is 31.7 Å². The zero-order chi connectivity index (χ0) is 20.5. The van der Waals surface area contributed by atoms with E-state index in [4.69, 9.17) is 4.74 Å². The van der Waals surface area contributed by atoms with Gasteiger partial charge >= 0.3 is 6.09 Å². The summed E-state index contributed by atoms with van der Waals surface area (Å²) in [6, 6.07) is 9.49. The van der Waals surface area contributed by atoms with E-state index in [1.165, 1.54) is 0 Å². The number of amides is 2. The summed E-state index contributed by atoms with van der Waals surface area (Å²) < 4.78 is 7.26. The zero-order valence-corrected chi connectivity index (χ0v) is 17.2. The number of benzene rings is 1.